The quantitative estimate of drug-likeness (QED) is 0.669. The van der Waals surface area contributed by atoms with E-state index >= 15 is 0 Å². The minimum atomic E-state index is -0.605. The van der Waals surface area contributed by atoms with Gasteiger partial charge in [-0.05, 0) is 12.8 Å². The standard InChI is InChI=1S/C11H15BrN2O4/c12-3-7-4-14(11(18)13-10(7)17)8-1-6(5-15)9(16)2-8/h4,6,8-9,15-16H,1-3,5H2,(H,13,17,18)/t6-,8-,9+/m0/s1. The van der Waals surface area contributed by atoms with Crippen LogP contribution in [0.15, 0.2) is 15.8 Å². The molecule has 18 heavy (non-hydrogen) atoms. The first-order valence-electron chi connectivity index (χ1n) is 5.76. The maximum absolute atomic E-state index is 11.7. The highest BCUT2D eigenvalue weighted by molar-refractivity contribution is 9.08. The zero-order valence-corrected chi connectivity index (χ0v) is 11.3. The van der Waals surface area contributed by atoms with Crippen LogP contribution in [0, 0.1) is 5.92 Å². The molecule has 1 aromatic rings. The van der Waals surface area contributed by atoms with E-state index in [9.17, 15) is 14.7 Å². The van der Waals surface area contributed by atoms with Crippen molar-refractivity contribution in [2.75, 3.05) is 6.61 Å². The largest absolute Gasteiger partial charge is 0.396 e. The van der Waals surface area contributed by atoms with Gasteiger partial charge in [0.15, 0.2) is 0 Å². The lowest BCUT2D eigenvalue weighted by atomic mass is 10.1. The fourth-order valence-corrected chi connectivity index (χ4v) is 2.79. The van der Waals surface area contributed by atoms with Crippen LogP contribution in [0.2, 0.25) is 0 Å². The summed E-state index contributed by atoms with van der Waals surface area (Å²) in [6.45, 7) is -0.0962. The highest BCUT2D eigenvalue weighted by Gasteiger charge is 2.34. The van der Waals surface area contributed by atoms with E-state index in [1.165, 1.54) is 10.8 Å². The molecular weight excluding hydrogens is 304 g/mol. The third-order valence-corrected chi connectivity index (χ3v) is 4.05. The van der Waals surface area contributed by atoms with Crippen LogP contribution in [0.4, 0.5) is 0 Å². The third-order valence-electron chi connectivity index (χ3n) is 3.45. The van der Waals surface area contributed by atoms with Gasteiger partial charge in [0.1, 0.15) is 0 Å². The van der Waals surface area contributed by atoms with E-state index in [1.54, 1.807) is 0 Å². The summed E-state index contributed by atoms with van der Waals surface area (Å²) in [6, 6.07) is -0.181. The summed E-state index contributed by atoms with van der Waals surface area (Å²) < 4.78 is 1.44. The van der Waals surface area contributed by atoms with Crippen molar-refractivity contribution < 1.29 is 10.2 Å². The lowest BCUT2D eigenvalue weighted by Crippen LogP contribution is -2.33. The SMILES string of the molecule is O=c1[nH]c(=O)n([C@H]2C[C@@H](CO)[C@H](O)C2)cc1CBr. The first-order valence-corrected chi connectivity index (χ1v) is 6.88. The van der Waals surface area contributed by atoms with Gasteiger partial charge >= 0.3 is 5.69 Å². The van der Waals surface area contributed by atoms with Gasteiger partial charge in [0.2, 0.25) is 0 Å². The van der Waals surface area contributed by atoms with Crippen molar-refractivity contribution in [3.05, 3.63) is 32.6 Å². The number of hydrogen-bond donors (Lipinski definition) is 3. The predicted molar refractivity (Wildman–Crippen MR) is 68.8 cm³/mol. The molecule has 0 saturated heterocycles. The van der Waals surface area contributed by atoms with E-state index < -0.39 is 17.4 Å². The number of halogens is 1. The molecule has 0 amide bonds. The summed E-state index contributed by atoms with van der Waals surface area (Å²) >= 11 is 3.19. The number of rotatable bonds is 3. The van der Waals surface area contributed by atoms with Crippen LogP contribution in [-0.4, -0.2) is 32.5 Å². The molecule has 6 nitrogen and oxygen atoms in total. The molecule has 1 aromatic heterocycles. The van der Waals surface area contributed by atoms with Crippen LogP contribution >= 0.6 is 15.9 Å². The Morgan fingerprint density at radius 1 is 1.44 bits per heavy atom. The maximum Gasteiger partial charge on any atom is 0.328 e. The van der Waals surface area contributed by atoms with Crippen LogP contribution in [-0.2, 0) is 5.33 Å². The van der Waals surface area contributed by atoms with E-state index in [0.717, 1.165) is 0 Å². The molecule has 0 spiro atoms. The normalized spacial score (nSPS) is 27.6. The summed E-state index contributed by atoms with van der Waals surface area (Å²) in [7, 11) is 0. The van der Waals surface area contributed by atoms with E-state index in [1.807, 2.05) is 0 Å². The van der Waals surface area contributed by atoms with Crippen LogP contribution in [0.5, 0.6) is 0 Å². The lowest BCUT2D eigenvalue weighted by Gasteiger charge is -2.13. The number of alkyl halides is 1. The van der Waals surface area contributed by atoms with Crippen LogP contribution in [0.25, 0.3) is 0 Å². The highest BCUT2D eigenvalue weighted by Crippen LogP contribution is 2.33. The Balaban J connectivity index is 2.35. The zero-order chi connectivity index (χ0) is 13.3. The minimum Gasteiger partial charge on any atom is -0.396 e. The molecule has 0 radical (unpaired) electrons. The fraction of sp³-hybridized carbons (Fsp3) is 0.636. The number of aliphatic hydroxyl groups excluding tert-OH is 2. The zero-order valence-electron chi connectivity index (χ0n) is 9.67. The molecule has 1 heterocycles. The van der Waals surface area contributed by atoms with Gasteiger partial charge in [-0.15, -0.1) is 0 Å². The van der Waals surface area contributed by atoms with Crippen molar-refractivity contribution in [3.63, 3.8) is 0 Å². The number of hydrogen-bond acceptors (Lipinski definition) is 4. The molecule has 1 aliphatic rings. The predicted octanol–water partition coefficient (Wildman–Crippen LogP) is -0.264. The van der Waals surface area contributed by atoms with Crippen molar-refractivity contribution in [2.45, 2.75) is 30.3 Å². The summed E-state index contributed by atoms with van der Waals surface area (Å²) in [5.41, 5.74) is -0.401. The smallest absolute Gasteiger partial charge is 0.328 e. The number of aliphatic hydroxyl groups is 2. The van der Waals surface area contributed by atoms with Crippen LogP contribution in [0.3, 0.4) is 0 Å². The van der Waals surface area contributed by atoms with Gasteiger partial charge in [0.25, 0.3) is 5.56 Å². The average Bonchev–Trinajstić information content (AvgIpc) is 2.70. The summed E-state index contributed by atoms with van der Waals surface area (Å²) in [5.74, 6) is -0.207. The molecule has 3 atom stereocenters. The van der Waals surface area contributed by atoms with E-state index in [2.05, 4.69) is 20.9 Å². The molecule has 7 heteroatoms. The molecule has 2 rings (SSSR count). The van der Waals surface area contributed by atoms with Crippen molar-refractivity contribution in [3.8, 4) is 0 Å². The summed E-state index contributed by atoms with van der Waals surface area (Å²) in [6.07, 6.45) is 1.86. The van der Waals surface area contributed by atoms with Gasteiger partial charge in [0.05, 0.1) is 6.10 Å². The topological polar surface area (TPSA) is 95.3 Å². The summed E-state index contributed by atoms with van der Waals surface area (Å²) in [5, 5.41) is 19.2. The average molecular weight is 319 g/mol. The molecule has 1 aliphatic carbocycles. The third kappa shape index (κ3) is 2.43. The number of nitrogens with one attached hydrogen (secondary N) is 1. The summed E-state index contributed by atoms with van der Waals surface area (Å²) in [4.78, 5) is 25.4. The highest BCUT2D eigenvalue weighted by atomic mass is 79.9. The van der Waals surface area contributed by atoms with Crippen molar-refractivity contribution in [1.29, 1.82) is 0 Å². The van der Waals surface area contributed by atoms with E-state index in [0.29, 0.717) is 23.7 Å². The maximum atomic E-state index is 11.7. The Labute approximate surface area is 111 Å². The van der Waals surface area contributed by atoms with Crippen LogP contribution in [0.1, 0.15) is 24.4 Å². The van der Waals surface area contributed by atoms with E-state index in [-0.39, 0.29) is 18.6 Å². The molecule has 3 N–H and O–H groups in total. The van der Waals surface area contributed by atoms with Gasteiger partial charge in [-0.3, -0.25) is 14.3 Å². The van der Waals surface area contributed by atoms with Crippen molar-refractivity contribution in [1.82, 2.24) is 9.55 Å². The molecule has 100 valence electrons. The molecule has 0 aliphatic heterocycles. The Kier molecular flexibility index (Phi) is 4.04. The number of H-pyrrole nitrogens is 1. The number of aromatic nitrogens is 2. The fourth-order valence-electron chi connectivity index (χ4n) is 2.39. The van der Waals surface area contributed by atoms with Gasteiger partial charge in [0, 0.05) is 35.7 Å². The Bertz CT molecular complexity index is 539. The molecule has 1 saturated carbocycles. The van der Waals surface area contributed by atoms with Crippen molar-refractivity contribution in [2.24, 2.45) is 5.92 Å². The van der Waals surface area contributed by atoms with Gasteiger partial charge < -0.3 is 10.2 Å². The second kappa shape index (κ2) is 5.38. The first kappa shape index (κ1) is 13.5. The van der Waals surface area contributed by atoms with Gasteiger partial charge in [-0.25, -0.2) is 4.79 Å². The van der Waals surface area contributed by atoms with Gasteiger partial charge in [-0.2, -0.15) is 0 Å². The van der Waals surface area contributed by atoms with Gasteiger partial charge in [-0.1, -0.05) is 15.9 Å². The monoisotopic (exact) mass is 318 g/mol. The molecular formula is C11H15BrN2O4. The molecule has 0 aromatic carbocycles. The molecule has 1 fully saturated rings. The Morgan fingerprint density at radius 2 is 2.17 bits per heavy atom. The minimum absolute atomic E-state index is 0.0962. The number of aromatic amines is 1. The Hall–Kier alpha value is -0.920. The first-order chi connectivity index (χ1) is 8.56. The second-order valence-corrected chi connectivity index (χ2v) is 5.15. The van der Waals surface area contributed by atoms with E-state index in [4.69, 9.17) is 5.11 Å². The van der Waals surface area contributed by atoms with Crippen LogP contribution < -0.4 is 11.2 Å². The lowest BCUT2D eigenvalue weighted by molar-refractivity contribution is 0.0906. The Morgan fingerprint density at radius 3 is 2.72 bits per heavy atom. The van der Waals surface area contributed by atoms with Crippen molar-refractivity contribution >= 4 is 15.9 Å². The number of nitrogens with zero attached hydrogens (tertiary/aromatic N) is 1. The second-order valence-electron chi connectivity index (χ2n) is 4.59. The molecule has 0 unspecified atom stereocenters. The molecule has 0 bridgehead atoms.